The molecule has 0 aliphatic rings. The van der Waals surface area contributed by atoms with Crippen molar-refractivity contribution in [2.24, 2.45) is 5.84 Å². The van der Waals surface area contributed by atoms with Gasteiger partial charge in [-0.1, -0.05) is 6.92 Å². The van der Waals surface area contributed by atoms with Crippen molar-refractivity contribution in [3.05, 3.63) is 16.3 Å². The van der Waals surface area contributed by atoms with E-state index in [0.717, 1.165) is 12.6 Å². The van der Waals surface area contributed by atoms with Crippen LogP contribution in [0.1, 0.15) is 26.7 Å². The van der Waals surface area contributed by atoms with Crippen molar-refractivity contribution in [1.29, 1.82) is 0 Å². The van der Waals surface area contributed by atoms with Gasteiger partial charge >= 0.3 is 5.69 Å². The van der Waals surface area contributed by atoms with E-state index < -0.39 is 4.92 Å². The second-order valence-corrected chi connectivity index (χ2v) is 4.38. The van der Waals surface area contributed by atoms with E-state index in [0.29, 0.717) is 0 Å². The van der Waals surface area contributed by atoms with Gasteiger partial charge in [0.25, 0.3) is 0 Å². The molecule has 0 bridgehead atoms. The number of rotatable bonds is 8. The molecule has 1 rings (SSSR count). The second-order valence-electron chi connectivity index (χ2n) is 4.38. The molecule has 0 fully saturated rings. The van der Waals surface area contributed by atoms with Gasteiger partial charge in [-0.05, 0) is 13.3 Å². The van der Waals surface area contributed by atoms with E-state index in [1.807, 2.05) is 13.8 Å². The van der Waals surface area contributed by atoms with Gasteiger partial charge in [0, 0.05) is 19.0 Å². The molecule has 10 nitrogen and oxygen atoms in total. The van der Waals surface area contributed by atoms with Crippen LogP contribution in [0.15, 0.2) is 6.20 Å². The molecule has 0 aromatic carbocycles. The fourth-order valence-corrected chi connectivity index (χ4v) is 1.45. The summed E-state index contributed by atoms with van der Waals surface area (Å²) >= 11 is 0. The Morgan fingerprint density at radius 3 is 2.86 bits per heavy atom. The number of nitro groups is 1. The summed E-state index contributed by atoms with van der Waals surface area (Å²) in [4.78, 5) is 29.4. The van der Waals surface area contributed by atoms with Gasteiger partial charge in [0.05, 0.1) is 4.92 Å². The number of hydrogen-bond acceptors (Lipinski definition) is 8. The van der Waals surface area contributed by atoms with E-state index in [2.05, 4.69) is 26.0 Å². The summed E-state index contributed by atoms with van der Waals surface area (Å²) < 4.78 is 0. The number of carbonyl (C=O) groups excluding carboxylic acids is 1. The lowest BCUT2D eigenvalue weighted by atomic mass is 10.2. The van der Waals surface area contributed by atoms with Crippen molar-refractivity contribution in [1.82, 2.24) is 15.3 Å². The molecule has 0 aliphatic heterocycles. The summed E-state index contributed by atoms with van der Waals surface area (Å²) in [5, 5.41) is 16.4. The minimum absolute atomic E-state index is 0.0132. The first-order chi connectivity index (χ1) is 9.97. The Balaban J connectivity index is 2.61. The Morgan fingerprint density at radius 2 is 2.29 bits per heavy atom. The van der Waals surface area contributed by atoms with Crippen LogP contribution in [0.5, 0.6) is 0 Å². The average molecular weight is 297 g/mol. The fourth-order valence-electron chi connectivity index (χ4n) is 1.45. The molecule has 0 aliphatic carbocycles. The number of nitrogens with two attached hydrogens (primary N) is 1. The van der Waals surface area contributed by atoms with Gasteiger partial charge in [0.1, 0.15) is 6.20 Å². The van der Waals surface area contributed by atoms with Crippen molar-refractivity contribution >= 4 is 23.4 Å². The number of anilines is 2. The zero-order chi connectivity index (χ0) is 15.8. The number of hydrogen-bond donors (Lipinski definition) is 4. The minimum Gasteiger partial charge on any atom is -0.364 e. The van der Waals surface area contributed by atoms with Crippen LogP contribution < -0.4 is 21.9 Å². The number of amides is 1. The van der Waals surface area contributed by atoms with Crippen molar-refractivity contribution in [3.8, 4) is 0 Å². The van der Waals surface area contributed by atoms with E-state index >= 15 is 0 Å². The molecule has 1 heterocycles. The molecule has 1 unspecified atom stereocenters. The average Bonchev–Trinajstić information content (AvgIpc) is 2.46. The molecule has 0 saturated carbocycles. The van der Waals surface area contributed by atoms with Gasteiger partial charge in [-0.3, -0.25) is 20.3 Å². The van der Waals surface area contributed by atoms with Crippen LogP contribution in [0, 0.1) is 10.1 Å². The maximum Gasteiger partial charge on any atom is 0.329 e. The van der Waals surface area contributed by atoms with Gasteiger partial charge in [0.15, 0.2) is 0 Å². The number of nitrogens with zero attached hydrogens (tertiary/aromatic N) is 3. The summed E-state index contributed by atoms with van der Waals surface area (Å²) in [6, 6.07) is 0.0962. The molecule has 0 radical (unpaired) electrons. The maximum absolute atomic E-state index is 11.6. The summed E-state index contributed by atoms with van der Waals surface area (Å²) in [6.07, 6.45) is 2.06. The largest absolute Gasteiger partial charge is 0.364 e. The highest BCUT2D eigenvalue weighted by atomic mass is 16.6. The molecular weight excluding hydrogens is 278 g/mol. The molecule has 116 valence electrons. The molecule has 0 spiro atoms. The van der Waals surface area contributed by atoms with Crippen LogP contribution in [-0.4, -0.2) is 33.4 Å². The van der Waals surface area contributed by atoms with Gasteiger partial charge in [-0.15, -0.1) is 0 Å². The highest BCUT2D eigenvalue weighted by Gasteiger charge is 2.17. The summed E-state index contributed by atoms with van der Waals surface area (Å²) in [5.74, 6) is 5.08. The Kier molecular flexibility index (Phi) is 6.27. The third kappa shape index (κ3) is 5.18. The summed E-state index contributed by atoms with van der Waals surface area (Å²) in [6.45, 7) is 4.08. The molecule has 0 saturated heterocycles. The lowest BCUT2D eigenvalue weighted by Gasteiger charge is -2.11. The lowest BCUT2D eigenvalue weighted by Crippen LogP contribution is -2.33. The number of aromatic nitrogens is 2. The number of carbonyl (C=O) groups is 1. The lowest BCUT2D eigenvalue weighted by molar-refractivity contribution is -0.384. The highest BCUT2D eigenvalue weighted by molar-refractivity contribution is 5.76. The van der Waals surface area contributed by atoms with Crippen LogP contribution in [0.4, 0.5) is 17.5 Å². The molecule has 1 amide bonds. The fraction of sp³-hybridized carbons (Fsp3) is 0.545. The van der Waals surface area contributed by atoms with E-state index in [9.17, 15) is 14.9 Å². The Hall–Kier alpha value is -2.49. The summed E-state index contributed by atoms with van der Waals surface area (Å²) in [7, 11) is 0. The molecule has 5 N–H and O–H groups in total. The van der Waals surface area contributed by atoms with Crippen molar-refractivity contribution in [3.63, 3.8) is 0 Å². The number of nitrogen functional groups attached to an aromatic ring is 1. The predicted octanol–water partition coefficient (Wildman–Crippen LogP) is 0.387. The van der Waals surface area contributed by atoms with Crippen LogP contribution in [0.2, 0.25) is 0 Å². The first-order valence-corrected chi connectivity index (χ1v) is 6.49. The predicted molar refractivity (Wildman–Crippen MR) is 77.5 cm³/mol. The summed E-state index contributed by atoms with van der Waals surface area (Å²) in [5.41, 5.74) is 1.92. The topological polar surface area (TPSA) is 148 Å². The standard InChI is InChI=1S/C11H19N7O3/c1-3-7(2)15-9(19)4-5-13-10-8(18(20)21)6-14-11(16-10)17-12/h6-7H,3-5,12H2,1-2H3,(H,15,19)(H2,13,14,16,17). The molecule has 21 heavy (non-hydrogen) atoms. The number of nitrogens with one attached hydrogen (secondary N) is 3. The normalized spacial score (nSPS) is 11.6. The third-order valence-corrected chi connectivity index (χ3v) is 2.76. The van der Waals surface area contributed by atoms with Gasteiger partial charge in [-0.25, -0.2) is 10.8 Å². The van der Waals surface area contributed by atoms with Gasteiger partial charge < -0.3 is 10.6 Å². The molecule has 1 atom stereocenters. The van der Waals surface area contributed by atoms with Crippen LogP contribution in [0.25, 0.3) is 0 Å². The zero-order valence-electron chi connectivity index (χ0n) is 11.9. The van der Waals surface area contributed by atoms with E-state index in [1.165, 1.54) is 0 Å². The van der Waals surface area contributed by atoms with Crippen LogP contribution in [-0.2, 0) is 4.79 Å². The van der Waals surface area contributed by atoms with Crippen molar-refractivity contribution < 1.29 is 9.72 Å². The van der Waals surface area contributed by atoms with Crippen molar-refractivity contribution in [2.45, 2.75) is 32.7 Å². The molecular formula is C11H19N7O3. The van der Waals surface area contributed by atoms with Gasteiger partial charge in [-0.2, -0.15) is 4.98 Å². The smallest absolute Gasteiger partial charge is 0.329 e. The minimum atomic E-state index is -0.609. The van der Waals surface area contributed by atoms with E-state index in [4.69, 9.17) is 5.84 Å². The van der Waals surface area contributed by atoms with E-state index in [1.54, 1.807) is 0 Å². The zero-order valence-corrected chi connectivity index (χ0v) is 11.9. The monoisotopic (exact) mass is 297 g/mol. The van der Waals surface area contributed by atoms with Crippen LogP contribution in [0.3, 0.4) is 0 Å². The quantitative estimate of drug-likeness (QED) is 0.306. The first kappa shape index (κ1) is 16.6. The SMILES string of the molecule is CCC(C)NC(=O)CCNc1nc(NN)ncc1[N+](=O)[O-]. The maximum atomic E-state index is 11.6. The third-order valence-electron chi connectivity index (χ3n) is 2.76. The van der Waals surface area contributed by atoms with Gasteiger partial charge in [0.2, 0.25) is 17.7 Å². The van der Waals surface area contributed by atoms with E-state index in [-0.39, 0.29) is 42.4 Å². The van der Waals surface area contributed by atoms with Crippen molar-refractivity contribution in [2.75, 3.05) is 17.3 Å². The molecule has 10 heteroatoms. The number of hydrazine groups is 1. The Labute approximate surface area is 121 Å². The highest BCUT2D eigenvalue weighted by Crippen LogP contribution is 2.21. The molecule has 1 aromatic heterocycles. The Bertz CT molecular complexity index is 509. The second kappa shape index (κ2) is 7.94. The molecule has 1 aromatic rings. The Morgan fingerprint density at radius 1 is 1.57 bits per heavy atom. The first-order valence-electron chi connectivity index (χ1n) is 6.49. The van der Waals surface area contributed by atoms with Crippen LogP contribution >= 0.6 is 0 Å².